The highest BCUT2D eigenvalue weighted by molar-refractivity contribution is 7.12. The van der Waals surface area contributed by atoms with Gasteiger partial charge in [-0.2, -0.15) is 0 Å². The Labute approximate surface area is 124 Å². The van der Waals surface area contributed by atoms with E-state index >= 15 is 0 Å². The third-order valence-electron chi connectivity index (χ3n) is 2.64. The molecular formula is C14H13FN2O3S. The molecule has 21 heavy (non-hydrogen) atoms. The number of benzene rings is 1. The number of methoxy groups -OCH3 is 1. The van der Waals surface area contributed by atoms with Gasteiger partial charge in [0, 0.05) is 0 Å². The van der Waals surface area contributed by atoms with Crippen molar-refractivity contribution in [3.63, 3.8) is 0 Å². The van der Waals surface area contributed by atoms with E-state index in [0.717, 1.165) is 0 Å². The molecule has 2 aromatic rings. The largest absolute Gasteiger partial charge is 0.494 e. The molecule has 2 N–H and O–H groups in total. The molecule has 2 amide bonds. The van der Waals surface area contributed by atoms with Gasteiger partial charge in [0.05, 0.1) is 18.4 Å². The highest BCUT2D eigenvalue weighted by Crippen LogP contribution is 2.17. The fraction of sp³-hybridized carbons (Fsp3) is 0.143. The van der Waals surface area contributed by atoms with E-state index < -0.39 is 11.7 Å². The van der Waals surface area contributed by atoms with Crippen LogP contribution in [0.2, 0.25) is 0 Å². The van der Waals surface area contributed by atoms with Crippen molar-refractivity contribution in [1.29, 1.82) is 0 Å². The van der Waals surface area contributed by atoms with Crippen LogP contribution in [0.1, 0.15) is 15.2 Å². The van der Waals surface area contributed by atoms with E-state index in [0.29, 0.717) is 10.4 Å². The summed E-state index contributed by atoms with van der Waals surface area (Å²) in [5.41, 5.74) is 5.06. The Balaban J connectivity index is 1.87. The number of hydrazine groups is 1. The molecule has 7 heteroatoms. The Morgan fingerprint density at radius 1 is 1.29 bits per heavy atom. The lowest BCUT2D eigenvalue weighted by Gasteiger charge is -2.07. The minimum atomic E-state index is -0.537. The minimum Gasteiger partial charge on any atom is -0.494 e. The quantitative estimate of drug-likeness (QED) is 0.848. The number of hydrogen-bond donors (Lipinski definition) is 2. The minimum absolute atomic E-state index is 0.0500. The van der Waals surface area contributed by atoms with Crippen LogP contribution in [0.15, 0.2) is 35.7 Å². The van der Waals surface area contributed by atoms with Crippen molar-refractivity contribution in [3.8, 4) is 5.75 Å². The summed E-state index contributed by atoms with van der Waals surface area (Å²) in [5.74, 6) is -1.25. The van der Waals surface area contributed by atoms with E-state index in [-0.39, 0.29) is 18.1 Å². The molecule has 0 radical (unpaired) electrons. The predicted octanol–water partition coefficient (Wildman–Crippen LogP) is 1.90. The van der Waals surface area contributed by atoms with Gasteiger partial charge in [0.1, 0.15) is 0 Å². The van der Waals surface area contributed by atoms with Crippen molar-refractivity contribution >= 4 is 23.2 Å². The molecule has 1 aromatic carbocycles. The van der Waals surface area contributed by atoms with Gasteiger partial charge in [0.25, 0.3) is 5.91 Å². The normalized spacial score (nSPS) is 10.0. The third kappa shape index (κ3) is 4.03. The summed E-state index contributed by atoms with van der Waals surface area (Å²) in [6, 6.07) is 7.64. The maximum absolute atomic E-state index is 13.5. The summed E-state index contributed by atoms with van der Waals surface area (Å²) in [7, 11) is 1.37. The van der Waals surface area contributed by atoms with Crippen LogP contribution in [0, 0.1) is 5.82 Å². The Morgan fingerprint density at radius 3 is 2.71 bits per heavy atom. The predicted molar refractivity (Wildman–Crippen MR) is 76.6 cm³/mol. The van der Waals surface area contributed by atoms with Crippen LogP contribution >= 0.6 is 11.3 Å². The second-order valence-electron chi connectivity index (χ2n) is 4.13. The first kappa shape index (κ1) is 15.0. The lowest BCUT2D eigenvalue weighted by atomic mass is 10.1. The van der Waals surface area contributed by atoms with Gasteiger partial charge in [-0.25, -0.2) is 4.39 Å². The SMILES string of the molecule is COc1ccc(CC(=O)NNC(=O)c2cccs2)cc1F. The van der Waals surface area contributed by atoms with Gasteiger partial charge in [0.15, 0.2) is 11.6 Å². The number of carbonyl (C=O) groups is 2. The third-order valence-corrected chi connectivity index (χ3v) is 3.51. The number of hydrogen-bond acceptors (Lipinski definition) is 4. The summed E-state index contributed by atoms with van der Waals surface area (Å²) in [6.45, 7) is 0. The zero-order valence-electron chi connectivity index (χ0n) is 11.2. The molecule has 0 fully saturated rings. The number of halogens is 1. The molecule has 1 heterocycles. The van der Waals surface area contributed by atoms with Crippen LogP contribution in [-0.2, 0) is 11.2 Å². The summed E-state index contributed by atoms with van der Waals surface area (Å²) in [4.78, 5) is 23.8. The maximum atomic E-state index is 13.5. The highest BCUT2D eigenvalue weighted by Gasteiger charge is 2.10. The average molecular weight is 308 g/mol. The van der Waals surface area contributed by atoms with Crippen molar-refractivity contribution in [2.24, 2.45) is 0 Å². The van der Waals surface area contributed by atoms with Crippen LogP contribution in [0.25, 0.3) is 0 Å². The second-order valence-corrected chi connectivity index (χ2v) is 5.07. The molecule has 0 spiro atoms. The smallest absolute Gasteiger partial charge is 0.279 e. The summed E-state index contributed by atoms with van der Waals surface area (Å²) < 4.78 is 18.3. The topological polar surface area (TPSA) is 67.4 Å². The van der Waals surface area contributed by atoms with Gasteiger partial charge in [-0.3, -0.25) is 20.4 Å². The monoisotopic (exact) mass is 308 g/mol. The Hall–Kier alpha value is -2.41. The molecule has 0 saturated heterocycles. The molecular weight excluding hydrogens is 295 g/mol. The van der Waals surface area contributed by atoms with Crippen molar-refractivity contribution < 1.29 is 18.7 Å². The number of nitrogens with one attached hydrogen (secondary N) is 2. The van der Waals surface area contributed by atoms with Crippen LogP contribution in [0.5, 0.6) is 5.75 Å². The van der Waals surface area contributed by atoms with Crippen molar-refractivity contribution in [2.75, 3.05) is 7.11 Å². The zero-order valence-corrected chi connectivity index (χ0v) is 12.0. The molecule has 0 aliphatic carbocycles. The molecule has 0 aliphatic rings. The van der Waals surface area contributed by atoms with Crippen molar-refractivity contribution in [1.82, 2.24) is 10.9 Å². The fourth-order valence-corrected chi connectivity index (χ4v) is 2.26. The summed E-state index contributed by atoms with van der Waals surface area (Å²) >= 11 is 1.27. The van der Waals surface area contributed by atoms with E-state index in [1.807, 2.05) is 0 Å². The first-order valence-electron chi connectivity index (χ1n) is 6.05. The van der Waals surface area contributed by atoms with E-state index in [1.165, 1.54) is 30.6 Å². The van der Waals surface area contributed by atoms with E-state index in [1.54, 1.807) is 23.6 Å². The Bertz CT molecular complexity index is 644. The van der Waals surface area contributed by atoms with Crippen LogP contribution in [0.3, 0.4) is 0 Å². The highest BCUT2D eigenvalue weighted by atomic mass is 32.1. The van der Waals surface area contributed by atoms with E-state index in [9.17, 15) is 14.0 Å². The number of carbonyl (C=O) groups excluding carboxylic acids is 2. The first-order chi connectivity index (χ1) is 10.1. The standard InChI is InChI=1S/C14H13FN2O3S/c1-20-11-5-4-9(7-10(11)15)8-13(18)16-17-14(19)12-3-2-6-21-12/h2-7H,8H2,1H3,(H,16,18)(H,17,19). The van der Waals surface area contributed by atoms with E-state index in [4.69, 9.17) is 4.74 Å². The molecule has 0 aliphatic heterocycles. The van der Waals surface area contributed by atoms with Gasteiger partial charge in [-0.15, -0.1) is 11.3 Å². The Morgan fingerprint density at radius 2 is 2.10 bits per heavy atom. The number of thiophene rings is 1. The van der Waals surface area contributed by atoms with Crippen LogP contribution in [0.4, 0.5) is 4.39 Å². The molecule has 0 unspecified atom stereocenters. The molecule has 5 nitrogen and oxygen atoms in total. The molecule has 1 aromatic heterocycles. The first-order valence-corrected chi connectivity index (χ1v) is 6.93. The number of rotatable bonds is 4. The van der Waals surface area contributed by atoms with E-state index in [2.05, 4.69) is 10.9 Å². The van der Waals surface area contributed by atoms with Crippen LogP contribution < -0.4 is 15.6 Å². The van der Waals surface area contributed by atoms with Gasteiger partial charge < -0.3 is 4.74 Å². The fourth-order valence-electron chi connectivity index (χ4n) is 1.65. The lowest BCUT2D eigenvalue weighted by molar-refractivity contribution is -0.121. The summed E-state index contributed by atoms with van der Waals surface area (Å²) in [5, 5.41) is 1.76. The van der Waals surface area contributed by atoms with Gasteiger partial charge in [0.2, 0.25) is 5.91 Å². The number of ether oxygens (including phenoxy) is 1. The molecule has 2 rings (SSSR count). The molecule has 0 bridgehead atoms. The number of amides is 2. The summed E-state index contributed by atoms with van der Waals surface area (Å²) in [6.07, 6.45) is -0.0500. The van der Waals surface area contributed by atoms with Gasteiger partial charge in [-0.1, -0.05) is 12.1 Å². The molecule has 110 valence electrons. The van der Waals surface area contributed by atoms with Crippen molar-refractivity contribution in [2.45, 2.75) is 6.42 Å². The average Bonchev–Trinajstić information content (AvgIpc) is 2.99. The van der Waals surface area contributed by atoms with Gasteiger partial charge in [-0.05, 0) is 29.1 Å². The lowest BCUT2D eigenvalue weighted by Crippen LogP contribution is -2.42. The van der Waals surface area contributed by atoms with Gasteiger partial charge >= 0.3 is 0 Å². The van der Waals surface area contributed by atoms with Crippen molar-refractivity contribution in [3.05, 3.63) is 52.0 Å². The zero-order chi connectivity index (χ0) is 15.2. The second kappa shape index (κ2) is 6.85. The molecule has 0 atom stereocenters. The maximum Gasteiger partial charge on any atom is 0.279 e. The van der Waals surface area contributed by atoms with Crippen LogP contribution in [-0.4, -0.2) is 18.9 Å². The Kier molecular flexibility index (Phi) is 4.89. The molecule has 0 saturated carbocycles.